The molecule has 1 saturated carbocycles. The molecule has 2 aliphatic rings. The van der Waals surface area contributed by atoms with E-state index in [1.54, 1.807) is 18.2 Å². The lowest BCUT2D eigenvalue weighted by Crippen LogP contribution is -2.57. The van der Waals surface area contributed by atoms with E-state index in [0.29, 0.717) is 0 Å². The minimum atomic E-state index is -3.72. The number of amides is 2. The minimum Gasteiger partial charge on any atom is -0.371 e. The highest BCUT2D eigenvalue weighted by Gasteiger charge is 2.48. The van der Waals surface area contributed by atoms with E-state index in [4.69, 9.17) is 11.6 Å². The van der Waals surface area contributed by atoms with Gasteiger partial charge in [0.25, 0.3) is 5.92 Å². The van der Waals surface area contributed by atoms with Gasteiger partial charge in [0.1, 0.15) is 18.1 Å². The van der Waals surface area contributed by atoms with Crippen LogP contribution in [0.2, 0.25) is 5.02 Å². The number of sulfonamides is 1. The van der Waals surface area contributed by atoms with Crippen LogP contribution in [0.15, 0.2) is 66.9 Å². The smallest absolute Gasteiger partial charge is 0.252 e. The molecule has 3 unspecified atom stereocenters. The highest BCUT2D eigenvalue weighted by atomic mass is 35.5. The van der Waals surface area contributed by atoms with Crippen molar-refractivity contribution in [3.63, 3.8) is 0 Å². The monoisotopic (exact) mass is 658 g/mol. The van der Waals surface area contributed by atoms with Crippen molar-refractivity contribution >= 4 is 50.6 Å². The maximum Gasteiger partial charge on any atom is 0.252 e. The van der Waals surface area contributed by atoms with Gasteiger partial charge in [0.15, 0.2) is 0 Å². The van der Waals surface area contributed by atoms with Crippen molar-refractivity contribution in [2.75, 3.05) is 20.8 Å². The zero-order chi connectivity index (χ0) is 32.5. The van der Waals surface area contributed by atoms with Crippen molar-refractivity contribution < 1.29 is 31.9 Å². The largest absolute Gasteiger partial charge is 0.371 e. The molecular formula is C30H29ClF2N6O5S. The van der Waals surface area contributed by atoms with Crippen molar-refractivity contribution in [1.82, 2.24) is 10.3 Å². The molecule has 2 fully saturated rings. The number of hydrogen-bond donors (Lipinski definition) is 3. The molecule has 3 N–H and O–H groups in total. The molecule has 0 spiro atoms. The van der Waals surface area contributed by atoms with E-state index in [9.17, 15) is 37.2 Å². The van der Waals surface area contributed by atoms with Crippen LogP contribution in [0.25, 0.3) is 0 Å². The number of pyridine rings is 1. The number of nitriles is 1. The molecule has 1 saturated heterocycles. The summed E-state index contributed by atoms with van der Waals surface area (Å²) in [6, 6.07) is 13.8. The molecule has 5 rings (SSSR count). The van der Waals surface area contributed by atoms with Crippen molar-refractivity contribution in [2.24, 2.45) is 0 Å². The Bertz CT molecular complexity index is 1760. The second kappa shape index (κ2) is 12.6. The molecule has 3 aromatic rings. The molecule has 3 atom stereocenters. The van der Waals surface area contributed by atoms with Crippen LogP contribution < -0.4 is 19.8 Å². The van der Waals surface area contributed by atoms with Crippen LogP contribution >= 0.6 is 11.6 Å². The average molecular weight is 659 g/mol. The summed E-state index contributed by atoms with van der Waals surface area (Å²) in [5.41, 5.74) is 0.735. The predicted octanol–water partition coefficient (Wildman–Crippen LogP) is 3.95. The molecule has 1 aliphatic carbocycles. The Kier molecular flexibility index (Phi) is 8.97. The molecule has 11 nitrogen and oxygen atoms in total. The third-order valence-corrected chi connectivity index (χ3v) is 8.57. The Labute approximate surface area is 263 Å². The van der Waals surface area contributed by atoms with Crippen molar-refractivity contribution in [3.05, 3.63) is 83.0 Å². The number of aliphatic hydroxyl groups excluding tert-OH is 1. The fourth-order valence-corrected chi connectivity index (χ4v) is 6.44. The van der Waals surface area contributed by atoms with Gasteiger partial charge in [-0.05, 0) is 42.8 Å². The van der Waals surface area contributed by atoms with Crippen LogP contribution in [0.5, 0.6) is 0 Å². The Hall–Kier alpha value is -4.32. The number of nitrogens with zero attached hydrogens (tertiary/aromatic N) is 4. The summed E-state index contributed by atoms with van der Waals surface area (Å²) in [4.78, 5) is 34.0. The van der Waals surface area contributed by atoms with Gasteiger partial charge >= 0.3 is 0 Å². The Balaban J connectivity index is 1.64. The lowest BCUT2D eigenvalue weighted by molar-refractivity contribution is -0.131. The van der Waals surface area contributed by atoms with Gasteiger partial charge in [0.05, 0.1) is 29.6 Å². The summed E-state index contributed by atoms with van der Waals surface area (Å²) in [6.45, 7) is 0. The number of benzene rings is 2. The third kappa shape index (κ3) is 7.16. The molecule has 1 aromatic heterocycles. The predicted molar refractivity (Wildman–Crippen MR) is 163 cm³/mol. The number of hydrogen-bond acceptors (Lipinski definition) is 8. The fraction of sp³-hybridized carbons (Fsp3) is 0.333. The lowest BCUT2D eigenvalue weighted by Gasteiger charge is -2.43. The van der Waals surface area contributed by atoms with Gasteiger partial charge in [-0.1, -0.05) is 35.9 Å². The maximum atomic E-state index is 14.0. The summed E-state index contributed by atoms with van der Waals surface area (Å²) < 4.78 is 53.9. The van der Waals surface area contributed by atoms with Crippen LogP contribution in [0.4, 0.5) is 26.0 Å². The highest BCUT2D eigenvalue weighted by Crippen LogP contribution is 2.41. The Morgan fingerprint density at radius 3 is 2.60 bits per heavy atom. The summed E-state index contributed by atoms with van der Waals surface area (Å²) in [5, 5.41) is 24.4. The summed E-state index contributed by atoms with van der Waals surface area (Å²) in [7, 11) is -3.72. The summed E-state index contributed by atoms with van der Waals surface area (Å²) in [5.74, 6) is -3.93. The molecule has 236 valence electrons. The molecule has 2 amide bonds. The summed E-state index contributed by atoms with van der Waals surface area (Å²) in [6.07, 6.45) is -0.300. The van der Waals surface area contributed by atoms with Gasteiger partial charge in [-0.25, -0.2) is 22.2 Å². The van der Waals surface area contributed by atoms with E-state index in [1.807, 2.05) is 6.07 Å². The molecule has 45 heavy (non-hydrogen) atoms. The number of nitrogens with one attached hydrogen (secondary N) is 2. The second-order valence-electron chi connectivity index (χ2n) is 11.0. The topological polar surface area (TPSA) is 156 Å². The first-order chi connectivity index (χ1) is 21.3. The van der Waals surface area contributed by atoms with Gasteiger partial charge in [-0.15, -0.1) is 0 Å². The number of aliphatic hydroxyl groups is 1. The summed E-state index contributed by atoms with van der Waals surface area (Å²) >= 11 is 6.58. The zero-order valence-electron chi connectivity index (χ0n) is 23.9. The fourth-order valence-electron chi connectivity index (χ4n) is 5.65. The van der Waals surface area contributed by atoms with Gasteiger partial charge in [-0.3, -0.25) is 19.2 Å². The van der Waals surface area contributed by atoms with Gasteiger partial charge < -0.3 is 15.3 Å². The number of carbonyl (C=O) groups is 2. The van der Waals surface area contributed by atoms with E-state index in [0.717, 1.165) is 6.26 Å². The van der Waals surface area contributed by atoms with Crippen LogP contribution in [0.3, 0.4) is 0 Å². The van der Waals surface area contributed by atoms with Crippen LogP contribution in [0.1, 0.15) is 42.9 Å². The van der Waals surface area contributed by atoms with E-state index in [2.05, 4.69) is 15.0 Å². The molecule has 0 radical (unpaired) electrons. The third-order valence-electron chi connectivity index (χ3n) is 7.62. The Morgan fingerprint density at radius 2 is 1.93 bits per heavy atom. The molecular weight excluding hydrogens is 630 g/mol. The van der Waals surface area contributed by atoms with E-state index >= 15 is 0 Å². The van der Waals surface area contributed by atoms with Crippen molar-refractivity contribution in [3.8, 4) is 6.07 Å². The zero-order valence-corrected chi connectivity index (χ0v) is 25.5. The van der Waals surface area contributed by atoms with E-state index in [1.165, 1.54) is 58.5 Å². The number of halogens is 3. The van der Waals surface area contributed by atoms with Crippen LogP contribution in [-0.4, -0.2) is 60.8 Å². The first-order valence-corrected chi connectivity index (χ1v) is 16.2. The molecule has 2 heterocycles. The number of rotatable bonds is 10. The Morgan fingerprint density at radius 1 is 1.20 bits per heavy atom. The van der Waals surface area contributed by atoms with Gasteiger partial charge in [0, 0.05) is 47.8 Å². The average Bonchev–Trinajstić information content (AvgIpc) is 3.35. The maximum absolute atomic E-state index is 14.0. The molecule has 1 aliphatic heterocycles. The first kappa shape index (κ1) is 32.1. The second-order valence-corrected chi connectivity index (χ2v) is 13.2. The molecule has 2 aromatic carbocycles. The van der Waals surface area contributed by atoms with Crippen LogP contribution in [0, 0.1) is 11.3 Å². The number of anilines is 3. The van der Waals surface area contributed by atoms with Crippen molar-refractivity contribution in [2.45, 2.75) is 56.0 Å². The standard InChI is InChI=1S/C30H29ClF2N6O5S/c1-45(43,44)37-19-5-4-6-21(14-19)38(29(42)24-9-10-26(40)39(24)25-13-18(17-34)11-12-35-25)27(22-7-2-3-8-23(22)31)28(41)36-20-15-30(32,33)16-20/h2-8,11-14,20,24,27,29,37,42H,9-10,15-16H2,1H3,(H,36,41). The van der Waals surface area contributed by atoms with Crippen LogP contribution in [-0.2, 0) is 19.6 Å². The first-order valence-electron chi connectivity index (χ1n) is 13.9. The minimum absolute atomic E-state index is 0.0177. The quantitative estimate of drug-likeness (QED) is 0.277. The van der Waals surface area contributed by atoms with Gasteiger partial charge in [-0.2, -0.15) is 5.26 Å². The van der Waals surface area contributed by atoms with Crippen molar-refractivity contribution in [1.29, 1.82) is 5.26 Å². The lowest BCUT2D eigenvalue weighted by atomic mass is 9.87. The van der Waals surface area contributed by atoms with E-state index < -0.39 is 59.0 Å². The number of alkyl halides is 2. The number of carbonyl (C=O) groups excluding carboxylic acids is 2. The highest BCUT2D eigenvalue weighted by molar-refractivity contribution is 7.92. The SMILES string of the molecule is CS(=O)(=O)Nc1cccc(N(C(C(=O)NC2CC(F)(F)C2)c2ccccc2Cl)C(O)C2CCC(=O)N2c2cc(C#N)ccn2)c1. The molecule has 0 bridgehead atoms. The number of aromatic nitrogens is 1. The van der Waals surface area contributed by atoms with E-state index in [-0.39, 0.29) is 52.1 Å². The molecule has 15 heteroatoms. The normalized spacial score (nSPS) is 19.2. The van der Waals surface area contributed by atoms with Gasteiger partial charge in [0.2, 0.25) is 21.8 Å².